The Kier molecular flexibility index (Phi) is 3.07. The lowest BCUT2D eigenvalue weighted by atomic mass is 9.76. The van der Waals surface area contributed by atoms with Crippen LogP contribution in [0.3, 0.4) is 0 Å². The van der Waals surface area contributed by atoms with Crippen LogP contribution in [0.2, 0.25) is 0 Å². The van der Waals surface area contributed by atoms with Crippen LogP contribution >= 0.6 is 0 Å². The molecule has 14 heavy (non-hydrogen) atoms. The van der Waals surface area contributed by atoms with Crippen LogP contribution in [0.5, 0.6) is 0 Å². The fraction of sp³-hybridized carbons (Fsp3) is 0.750. The second-order valence-electron chi connectivity index (χ2n) is 3.50. The van der Waals surface area contributed by atoms with Crippen LogP contribution in [0.15, 0.2) is 0 Å². The van der Waals surface area contributed by atoms with Crippen molar-refractivity contribution in [3.8, 4) is 0 Å². The Morgan fingerprint density at radius 3 is 1.36 bits per heavy atom. The highest BCUT2D eigenvalue weighted by Gasteiger charge is 2.42. The quantitative estimate of drug-likeness (QED) is 0.454. The highest BCUT2D eigenvalue weighted by atomic mass is 16.4. The maximum absolute atomic E-state index is 10.7. The van der Waals surface area contributed by atoms with Gasteiger partial charge in [-0.05, 0) is 12.8 Å². The third kappa shape index (κ3) is 2.02. The van der Waals surface area contributed by atoms with Gasteiger partial charge in [0.15, 0.2) is 0 Å². The molecule has 0 aliphatic heterocycles. The van der Waals surface area contributed by atoms with Crippen molar-refractivity contribution in [1.29, 1.82) is 0 Å². The summed E-state index contributed by atoms with van der Waals surface area (Å²) < 4.78 is 0. The minimum atomic E-state index is -1.25. The average molecular weight is 204 g/mol. The zero-order chi connectivity index (χ0) is 10.9. The van der Waals surface area contributed by atoms with Crippen LogP contribution < -0.4 is 0 Å². The first-order valence-electron chi connectivity index (χ1n) is 4.25. The molecule has 0 amide bonds. The lowest BCUT2D eigenvalue weighted by Gasteiger charge is -2.32. The first-order valence-corrected chi connectivity index (χ1v) is 4.25. The number of hydrogen-bond acceptors (Lipinski definition) is 4. The topological polar surface area (TPSA) is 115 Å². The molecule has 0 saturated heterocycles. The van der Waals surface area contributed by atoms with Crippen LogP contribution in [0, 0.1) is 11.8 Å². The van der Waals surface area contributed by atoms with E-state index in [2.05, 4.69) is 0 Å². The van der Waals surface area contributed by atoms with E-state index in [-0.39, 0.29) is 12.8 Å². The molecule has 4 atom stereocenters. The summed E-state index contributed by atoms with van der Waals surface area (Å²) in [6.45, 7) is 0. The Bertz CT molecular complexity index is 224. The van der Waals surface area contributed by atoms with E-state index in [0.717, 1.165) is 0 Å². The molecule has 0 heterocycles. The van der Waals surface area contributed by atoms with Crippen LogP contribution in [-0.4, -0.2) is 44.6 Å². The van der Waals surface area contributed by atoms with Gasteiger partial charge < -0.3 is 20.4 Å². The number of carboxylic acids is 2. The molecular formula is C8H12O6. The summed E-state index contributed by atoms with van der Waals surface area (Å²) in [4.78, 5) is 21.3. The van der Waals surface area contributed by atoms with Gasteiger partial charge >= 0.3 is 11.9 Å². The Balaban J connectivity index is 2.80. The number of aliphatic carboxylic acids is 2. The normalized spacial score (nSPS) is 37.9. The van der Waals surface area contributed by atoms with E-state index in [4.69, 9.17) is 10.2 Å². The van der Waals surface area contributed by atoms with E-state index < -0.39 is 36.0 Å². The maximum atomic E-state index is 10.7. The van der Waals surface area contributed by atoms with Gasteiger partial charge in [0.2, 0.25) is 0 Å². The third-order valence-corrected chi connectivity index (χ3v) is 2.56. The van der Waals surface area contributed by atoms with Gasteiger partial charge in [0, 0.05) is 0 Å². The molecule has 6 heteroatoms. The maximum Gasteiger partial charge on any atom is 0.307 e. The van der Waals surface area contributed by atoms with Gasteiger partial charge in [-0.3, -0.25) is 9.59 Å². The number of aliphatic hydroxyl groups excluding tert-OH is 2. The van der Waals surface area contributed by atoms with Crippen molar-refractivity contribution in [3.63, 3.8) is 0 Å². The zero-order valence-corrected chi connectivity index (χ0v) is 7.33. The monoisotopic (exact) mass is 204 g/mol. The molecule has 0 bridgehead atoms. The van der Waals surface area contributed by atoms with Gasteiger partial charge in [-0.1, -0.05) is 0 Å². The minimum absolute atomic E-state index is 0.215. The SMILES string of the molecule is O=C(O)C1CC(O)[C@@H](O)CC1C(=O)O. The number of rotatable bonds is 2. The molecule has 1 fully saturated rings. The van der Waals surface area contributed by atoms with Gasteiger partial charge in [-0.15, -0.1) is 0 Å². The van der Waals surface area contributed by atoms with Crippen molar-refractivity contribution in [2.24, 2.45) is 11.8 Å². The molecule has 0 aromatic carbocycles. The van der Waals surface area contributed by atoms with E-state index in [1.54, 1.807) is 0 Å². The molecule has 6 nitrogen and oxygen atoms in total. The number of carboxylic acid groups (broad SMARTS) is 2. The van der Waals surface area contributed by atoms with Crippen LogP contribution in [0.4, 0.5) is 0 Å². The first-order chi connectivity index (χ1) is 6.43. The van der Waals surface area contributed by atoms with Crippen molar-refractivity contribution >= 4 is 11.9 Å². The lowest BCUT2D eigenvalue weighted by molar-refractivity contribution is -0.162. The smallest absolute Gasteiger partial charge is 0.307 e. The summed E-state index contributed by atoms with van der Waals surface area (Å²) in [5, 5.41) is 35.8. The van der Waals surface area contributed by atoms with Crippen molar-refractivity contribution in [3.05, 3.63) is 0 Å². The zero-order valence-electron chi connectivity index (χ0n) is 7.33. The number of aliphatic hydroxyl groups is 2. The Morgan fingerprint density at radius 1 is 0.857 bits per heavy atom. The van der Waals surface area contributed by atoms with Crippen LogP contribution in [0.1, 0.15) is 12.8 Å². The van der Waals surface area contributed by atoms with Crippen molar-refractivity contribution < 1.29 is 30.0 Å². The van der Waals surface area contributed by atoms with Gasteiger partial charge in [-0.25, -0.2) is 0 Å². The van der Waals surface area contributed by atoms with Crippen molar-refractivity contribution in [1.82, 2.24) is 0 Å². The molecule has 4 N–H and O–H groups in total. The second kappa shape index (κ2) is 3.93. The fourth-order valence-corrected chi connectivity index (χ4v) is 1.71. The Hall–Kier alpha value is -1.14. The summed E-state index contributed by atoms with van der Waals surface area (Å²) in [6, 6.07) is 0. The predicted molar refractivity (Wildman–Crippen MR) is 43.5 cm³/mol. The predicted octanol–water partition coefficient (Wildman–Crippen LogP) is -1.10. The molecule has 1 rings (SSSR count). The largest absolute Gasteiger partial charge is 0.481 e. The first kappa shape index (κ1) is 10.9. The molecule has 0 radical (unpaired) electrons. The van der Waals surface area contributed by atoms with Crippen LogP contribution in [0.25, 0.3) is 0 Å². The Morgan fingerprint density at radius 2 is 1.14 bits per heavy atom. The van der Waals surface area contributed by atoms with E-state index in [1.165, 1.54) is 0 Å². The van der Waals surface area contributed by atoms with Crippen molar-refractivity contribution in [2.75, 3.05) is 0 Å². The van der Waals surface area contributed by atoms with E-state index in [1.807, 2.05) is 0 Å². The molecule has 0 aromatic rings. The number of hydrogen-bond donors (Lipinski definition) is 4. The Labute approximate surface area is 79.8 Å². The van der Waals surface area contributed by atoms with E-state index >= 15 is 0 Å². The molecule has 1 saturated carbocycles. The third-order valence-electron chi connectivity index (χ3n) is 2.56. The van der Waals surface area contributed by atoms with Crippen LogP contribution in [-0.2, 0) is 9.59 Å². The minimum Gasteiger partial charge on any atom is -0.481 e. The molecule has 0 aromatic heterocycles. The average Bonchev–Trinajstić information content (AvgIpc) is 2.08. The summed E-state index contributed by atoms with van der Waals surface area (Å²) >= 11 is 0. The number of carbonyl (C=O) groups is 2. The van der Waals surface area contributed by atoms with E-state index in [0.29, 0.717) is 0 Å². The van der Waals surface area contributed by atoms with Gasteiger partial charge in [0.25, 0.3) is 0 Å². The van der Waals surface area contributed by atoms with Crippen molar-refractivity contribution in [2.45, 2.75) is 25.0 Å². The lowest BCUT2D eigenvalue weighted by Crippen LogP contribution is -2.44. The summed E-state index contributed by atoms with van der Waals surface area (Å²) in [5.74, 6) is -4.73. The van der Waals surface area contributed by atoms with Gasteiger partial charge in [0.1, 0.15) is 0 Å². The van der Waals surface area contributed by atoms with Gasteiger partial charge in [0.05, 0.1) is 24.0 Å². The highest BCUT2D eigenvalue weighted by molar-refractivity contribution is 5.80. The molecule has 1 aliphatic rings. The van der Waals surface area contributed by atoms with E-state index in [9.17, 15) is 19.8 Å². The molecule has 0 spiro atoms. The molecule has 80 valence electrons. The highest BCUT2D eigenvalue weighted by Crippen LogP contribution is 2.31. The summed E-state index contributed by atoms with van der Waals surface area (Å²) in [7, 11) is 0. The fourth-order valence-electron chi connectivity index (χ4n) is 1.71. The standard InChI is InChI=1S/C8H12O6/c9-5-1-3(7(11)12)4(8(13)14)2-6(5)10/h3-6,9-10H,1-2H2,(H,11,12)(H,13,14)/t3?,4?,5-,6?/m0/s1. The van der Waals surface area contributed by atoms with Gasteiger partial charge in [-0.2, -0.15) is 0 Å². The summed E-state index contributed by atoms with van der Waals surface area (Å²) in [6.07, 6.45) is -2.72. The molecular weight excluding hydrogens is 192 g/mol. The molecule has 3 unspecified atom stereocenters. The molecule has 1 aliphatic carbocycles. The second-order valence-corrected chi connectivity index (χ2v) is 3.50. The summed E-state index contributed by atoms with van der Waals surface area (Å²) in [5.41, 5.74) is 0.